The van der Waals surface area contributed by atoms with Gasteiger partial charge in [0.05, 0.1) is 0 Å². The number of nitrogens with one attached hydrogen (secondary N) is 1. The number of pyridine rings is 1. The molecule has 0 spiro atoms. The summed E-state index contributed by atoms with van der Waals surface area (Å²) in [4.78, 5) is 16.1. The standard InChI is InChI=1S/C23H34N6.HI/c1-20(27(3)19-21-9-5-4-6-10-21)12-14-26-23(24-2)29-17-15-28(16-18-29)22-11-7-8-13-25-22;/h4-11,13,20H,12,14-19H2,1-3H3,(H,24,26);1H. The number of benzene rings is 1. The molecule has 0 amide bonds. The molecule has 6 nitrogen and oxygen atoms in total. The molecule has 30 heavy (non-hydrogen) atoms. The maximum absolute atomic E-state index is 4.50. The van der Waals surface area contributed by atoms with Crippen LogP contribution in [0.5, 0.6) is 0 Å². The average Bonchev–Trinajstić information content (AvgIpc) is 2.78. The monoisotopic (exact) mass is 522 g/mol. The van der Waals surface area contributed by atoms with E-state index in [-0.39, 0.29) is 24.0 Å². The zero-order valence-electron chi connectivity index (χ0n) is 18.4. The molecule has 3 rings (SSSR count). The first-order valence-corrected chi connectivity index (χ1v) is 10.5. The molecule has 164 valence electrons. The Morgan fingerprint density at radius 3 is 2.43 bits per heavy atom. The molecule has 1 aliphatic rings. The van der Waals surface area contributed by atoms with E-state index in [1.165, 1.54) is 5.56 Å². The molecule has 1 fully saturated rings. The maximum Gasteiger partial charge on any atom is 0.193 e. The van der Waals surface area contributed by atoms with Gasteiger partial charge in [-0.2, -0.15) is 0 Å². The highest BCUT2D eigenvalue weighted by atomic mass is 127. The number of nitrogens with zero attached hydrogens (tertiary/aromatic N) is 5. The SMILES string of the molecule is CN=C(NCCC(C)N(C)Cc1ccccc1)N1CCN(c2ccccn2)CC1.I. The van der Waals surface area contributed by atoms with Crippen molar-refractivity contribution >= 4 is 35.8 Å². The van der Waals surface area contributed by atoms with Gasteiger partial charge in [0, 0.05) is 58.6 Å². The zero-order chi connectivity index (χ0) is 20.5. The summed E-state index contributed by atoms with van der Waals surface area (Å²) in [6, 6.07) is 17.2. The smallest absolute Gasteiger partial charge is 0.193 e. The Labute approximate surface area is 198 Å². The topological polar surface area (TPSA) is 47.0 Å². The van der Waals surface area contributed by atoms with Gasteiger partial charge in [0.25, 0.3) is 0 Å². The van der Waals surface area contributed by atoms with Crippen LogP contribution in [-0.4, -0.2) is 73.6 Å². The predicted molar refractivity (Wildman–Crippen MR) is 137 cm³/mol. The summed E-state index contributed by atoms with van der Waals surface area (Å²) < 4.78 is 0. The Hall–Kier alpha value is -1.87. The van der Waals surface area contributed by atoms with Crippen molar-refractivity contribution in [1.29, 1.82) is 0 Å². The molecular formula is C23H35IN6. The third-order valence-corrected chi connectivity index (χ3v) is 5.64. The van der Waals surface area contributed by atoms with Crippen molar-refractivity contribution in [3.63, 3.8) is 0 Å². The lowest BCUT2D eigenvalue weighted by Gasteiger charge is -2.37. The molecule has 2 aromatic rings. The predicted octanol–water partition coefficient (Wildman–Crippen LogP) is 3.31. The number of hydrogen-bond acceptors (Lipinski definition) is 4. The van der Waals surface area contributed by atoms with Gasteiger partial charge in [-0.3, -0.25) is 9.89 Å². The van der Waals surface area contributed by atoms with Crippen molar-refractivity contribution in [2.75, 3.05) is 51.7 Å². The molecule has 1 atom stereocenters. The van der Waals surface area contributed by atoms with E-state index in [9.17, 15) is 0 Å². The second-order valence-electron chi connectivity index (χ2n) is 7.67. The van der Waals surface area contributed by atoms with E-state index in [2.05, 4.69) is 80.4 Å². The average molecular weight is 522 g/mol. The van der Waals surface area contributed by atoms with E-state index in [0.29, 0.717) is 6.04 Å². The second-order valence-corrected chi connectivity index (χ2v) is 7.67. The number of anilines is 1. The number of aliphatic imine (C=N–C) groups is 1. The van der Waals surface area contributed by atoms with Crippen molar-refractivity contribution < 1.29 is 0 Å². The minimum Gasteiger partial charge on any atom is -0.356 e. The molecule has 1 aromatic heterocycles. The lowest BCUT2D eigenvalue weighted by Crippen LogP contribution is -2.53. The molecule has 0 bridgehead atoms. The van der Waals surface area contributed by atoms with Crippen LogP contribution >= 0.6 is 24.0 Å². The molecule has 1 N–H and O–H groups in total. The zero-order valence-corrected chi connectivity index (χ0v) is 20.7. The summed E-state index contributed by atoms with van der Waals surface area (Å²) in [6.07, 6.45) is 2.94. The van der Waals surface area contributed by atoms with Gasteiger partial charge in [0.15, 0.2) is 5.96 Å². The quantitative estimate of drug-likeness (QED) is 0.344. The van der Waals surface area contributed by atoms with E-state index in [0.717, 1.165) is 57.5 Å². The molecule has 0 aliphatic carbocycles. The molecule has 7 heteroatoms. The first kappa shape index (κ1) is 24.4. The van der Waals surface area contributed by atoms with Crippen LogP contribution < -0.4 is 10.2 Å². The summed E-state index contributed by atoms with van der Waals surface area (Å²) in [5.74, 6) is 2.06. The number of piperazine rings is 1. The number of aromatic nitrogens is 1. The first-order chi connectivity index (χ1) is 14.2. The van der Waals surface area contributed by atoms with Gasteiger partial charge in [-0.25, -0.2) is 4.98 Å². The van der Waals surface area contributed by atoms with Crippen LogP contribution in [0, 0.1) is 0 Å². The first-order valence-electron chi connectivity index (χ1n) is 10.5. The molecule has 1 unspecified atom stereocenters. The second kappa shape index (κ2) is 12.7. The molecule has 1 aromatic carbocycles. The molecule has 1 saturated heterocycles. The fraction of sp³-hybridized carbons (Fsp3) is 0.478. The fourth-order valence-corrected chi connectivity index (χ4v) is 3.66. The van der Waals surface area contributed by atoms with E-state index in [1.807, 2.05) is 25.4 Å². The fourth-order valence-electron chi connectivity index (χ4n) is 3.66. The number of rotatable bonds is 7. The third kappa shape index (κ3) is 7.12. The Morgan fingerprint density at radius 2 is 1.80 bits per heavy atom. The summed E-state index contributed by atoms with van der Waals surface area (Å²) in [5.41, 5.74) is 1.36. The third-order valence-electron chi connectivity index (χ3n) is 5.64. The van der Waals surface area contributed by atoms with Crippen LogP contribution in [0.1, 0.15) is 18.9 Å². The largest absolute Gasteiger partial charge is 0.356 e. The minimum atomic E-state index is 0. The Morgan fingerprint density at radius 1 is 1.10 bits per heavy atom. The van der Waals surface area contributed by atoms with Crippen LogP contribution in [0.15, 0.2) is 59.7 Å². The Bertz CT molecular complexity index is 747. The van der Waals surface area contributed by atoms with Gasteiger partial charge in [0.1, 0.15) is 5.82 Å². The van der Waals surface area contributed by atoms with Crippen molar-refractivity contribution in [3.8, 4) is 0 Å². The van der Waals surface area contributed by atoms with Crippen LogP contribution in [-0.2, 0) is 6.54 Å². The molecule has 2 heterocycles. The minimum absolute atomic E-state index is 0. The molecule has 0 saturated carbocycles. The lowest BCUT2D eigenvalue weighted by atomic mass is 10.1. The summed E-state index contributed by atoms with van der Waals surface area (Å²) in [6.45, 7) is 8.04. The van der Waals surface area contributed by atoms with Gasteiger partial charge < -0.3 is 15.1 Å². The normalized spacial score (nSPS) is 15.7. The van der Waals surface area contributed by atoms with E-state index >= 15 is 0 Å². The van der Waals surface area contributed by atoms with Crippen molar-refractivity contribution in [2.24, 2.45) is 4.99 Å². The number of halogens is 1. The molecule has 1 aliphatic heterocycles. The van der Waals surface area contributed by atoms with Crippen LogP contribution in [0.4, 0.5) is 5.82 Å². The number of hydrogen-bond donors (Lipinski definition) is 1. The summed E-state index contributed by atoms with van der Waals surface area (Å²) in [5, 5.41) is 3.56. The molecule has 0 radical (unpaired) electrons. The highest BCUT2D eigenvalue weighted by Crippen LogP contribution is 2.13. The van der Waals surface area contributed by atoms with Crippen molar-refractivity contribution in [2.45, 2.75) is 25.9 Å². The van der Waals surface area contributed by atoms with Gasteiger partial charge in [-0.15, -0.1) is 24.0 Å². The van der Waals surface area contributed by atoms with Gasteiger partial charge in [0.2, 0.25) is 0 Å². The Balaban J connectivity index is 0.00000320. The van der Waals surface area contributed by atoms with Gasteiger partial charge in [-0.1, -0.05) is 36.4 Å². The van der Waals surface area contributed by atoms with Crippen LogP contribution in [0.2, 0.25) is 0 Å². The van der Waals surface area contributed by atoms with E-state index in [4.69, 9.17) is 0 Å². The van der Waals surface area contributed by atoms with E-state index < -0.39 is 0 Å². The van der Waals surface area contributed by atoms with Crippen LogP contribution in [0.25, 0.3) is 0 Å². The lowest BCUT2D eigenvalue weighted by molar-refractivity contribution is 0.238. The van der Waals surface area contributed by atoms with E-state index in [1.54, 1.807) is 0 Å². The van der Waals surface area contributed by atoms with Crippen molar-refractivity contribution in [3.05, 3.63) is 60.3 Å². The number of guanidine groups is 1. The highest BCUT2D eigenvalue weighted by molar-refractivity contribution is 14.0. The molecular weight excluding hydrogens is 487 g/mol. The van der Waals surface area contributed by atoms with Crippen molar-refractivity contribution in [1.82, 2.24) is 20.1 Å². The Kier molecular flexibility index (Phi) is 10.4. The highest BCUT2D eigenvalue weighted by Gasteiger charge is 2.20. The van der Waals surface area contributed by atoms with Crippen LogP contribution in [0.3, 0.4) is 0 Å². The van der Waals surface area contributed by atoms with Gasteiger partial charge >= 0.3 is 0 Å². The summed E-state index contributed by atoms with van der Waals surface area (Å²) >= 11 is 0. The summed E-state index contributed by atoms with van der Waals surface area (Å²) in [7, 11) is 4.07. The maximum atomic E-state index is 4.50. The van der Waals surface area contributed by atoms with Gasteiger partial charge in [-0.05, 0) is 38.1 Å².